The molecule has 1 atom stereocenters. The molecule has 1 aromatic carbocycles. The van der Waals surface area contributed by atoms with E-state index in [-0.39, 0.29) is 11.4 Å². The molecule has 1 aromatic rings. The van der Waals surface area contributed by atoms with Gasteiger partial charge in [0.25, 0.3) is 0 Å². The van der Waals surface area contributed by atoms with Crippen molar-refractivity contribution in [2.45, 2.75) is 45.1 Å². The summed E-state index contributed by atoms with van der Waals surface area (Å²) in [6.45, 7) is 3.04. The Bertz CT molecular complexity index is 488. The lowest BCUT2D eigenvalue weighted by atomic mass is 9.96. The van der Waals surface area contributed by atoms with E-state index in [1.807, 2.05) is 6.07 Å². The average molecular weight is 279 g/mol. The van der Waals surface area contributed by atoms with Gasteiger partial charge in [-0.15, -0.1) is 0 Å². The number of halogens is 1. The lowest BCUT2D eigenvalue weighted by Crippen LogP contribution is -2.40. The Hall–Kier alpha value is -1.78. The normalized spacial score (nSPS) is 20.2. The van der Waals surface area contributed by atoms with Crippen molar-refractivity contribution in [3.8, 4) is 0 Å². The summed E-state index contributed by atoms with van der Waals surface area (Å²) in [5.74, 6) is -0.613. The number of hydrogen-bond acceptors (Lipinski definition) is 3. The highest BCUT2D eigenvalue weighted by atomic mass is 19.1. The van der Waals surface area contributed by atoms with Gasteiger partial charge in [-0.25, -0.2) is 4.39 Å². The van der Waals surface area contributed by atoms with Crippen LogP contribution in [-0.4, -0.2) is 23.6 Å². The second kappa shape index (κ2) is 6.59. The molecule has 20 heavy (non-hydrogen) atoms. The predicted molar refractivity (Wildman–Crippen MR) is 78.8 cm³/mol. The second-order valence-corrected chi connectivity index (χ2v) is 5.25. The standard InChI is InChI=1S/C15H22FN3O/c1-2-6-11-7-3-4-10-19(11)13-9-5-8-12(16)14(13)15(17)18-20/h5,8-9,11,20H,2-4,6-7,10H2,1H3,(H2,17,18). The highest BCUT2D eigenvalue weighted by Gasteiger charge is 2.26. The van der Waals surface area contributed by atoms with Crippen LogP contribution in [0.4, 0.5) is 10.1 Å². The molecule has 0 bridgehead atoms. The number of benzene rings is 1. The van der Waals surface area contributed by atoms with Crippen LogP contribution >= 0.6 is 0 Å². The molecule has 0 aromatic heterocycles. The third kappa shape index (κ3) is 2.86. The molecular weight excluding hydrogens is 257 g/mol. The van der Waals surface area contributed by atoms with Crippen LogP contribution in [0.15, 0.2) is 23.4 Å². The van der Waals surface area contributed by atoms with E-state index in [0.29, 0.717) is 6.04 Å². The van der Waals surface area contributed by atoms with Gasteiger partial charge in [0.2, 0.25) is 0 Å². The molecule has 1 aliphatic rings. The Morgan fingerprint density at radius 3 is 3.00 bits per heavy atom. The summed E-state index contributed by atoms with van der Waals surface area (Å²) in [6, 6.07) is 5.28. The topological polar surface area (TPSA) is 61.8 Å². The van der Waals surface area contributed by atoms with Gasteiger partial charge in [-0.3, -0.25) is 0 Å². The van der Waals surface area contributed by atoms with Crippen molar-refractivity contribution in [2.75, 3.05) is 11.4 Å². The Kier molecular flexibility index (Phi) is 4.82. The molecule has 1 saturated heterocycles. The first-order chi connectivity index (χ1) is 9.69. The Morgan fingerprint density at radius 2 is 2.30 bits per heavy atom. The number of oxime groups is 1. The zero-order chi connectivity index (χ0) is 14.5. The summed E-state index contributed by atoms with van der Waals surface area (Å²) in [6.07, 6.45) is 5.57. The lowest BCUT2D eigenvalue weighted by molar-refractivity contribution is 0.318. The van der Waals surface area contributed by atoms with Gasteiger partial charge < -0.3 is 15.8 Å². The van der Waals surface area contributed by atoms with Crippen molar-refractivity contribution in [2.24, 2.45) is 10.9 Å². The van der Waals surface area contributed by atoms with E-state index in [9.17, 15) is 4.39 Å². The van der Waals surface area contributed by atoms with Crippen molar-refractivity contribution < 1.29 is 9.60 Å². The summed E-state index contributed by atoms with van der Waals surface area (Å²) >= 11 is 0. The van der Waals surface area contributed by atoms with Gasteiger partial charge in [0.15, 0.2) is 5.84 Å². The van der Waals surface area contributed by atoms with E-state index in [1.54, 1.807) is 6.07 Å². The quantitative estimate of drug-likeness (QED) is 0.385. The van der Waals surface area contributed by atoms with E-state index < -0.39 is 5.82 Å². The fourth-order valence-corrected chi connectivity index (χ4v) is 3.01. The van der Waals surface area contributed by atoms with Crippen LogP contribution in [0, 0.1) is 5.82 Å². The molecular formula is C15H22FN3O. The molecule has 0 aliphatic carbocycles. The number of piperidine rings is 1. The van der Waals surface area contributed by atoms with Gasteiger partial charge in [0, 0.05) is 12.6 Å². The first-order valence-electron chi connectivity index (χ1n) is 7.22. The molecule has 4 nitrogen and oxygen atoms in total. The number of rotatable bonds is 4. The van der Waals surface area contributed by atoms with Crippen LogP contribution in [0.25, 0.3) is 0 Å². The minimum Gasteiger partial charge on any atom is -0.409 e. The Balaban J connectivity index is 2.42. The second-order valence-electron chi connectivity index (χ2n) is 5.25. The SMILES string of the molecule is CCCC1CCCCN1c1cccc(F)c1/C(N)=N/O. The molecule has 1 unspecified atom stereocenters. The molecule has 0 amide bonds. The van der Waals surface area contributed by atoms with Crippen molar-refractivity contribution in [3.05, 3.63) is 29.6 Å². The third-order valence-electron chi connectivity index (χ3n) is 3.91. The number of amidine groups is 1. The van der Waals surface area contributed by atoms with Gasteiger partial charge in [0.05, 0.1) is 11.3 Å². The molecule has 1 fully saturated rings. The summed E-state index contributed by atoms with van der Waals surface area (Å²) < 4.78 is 14.1. The number of nitrogens with zero attached hydrogens (tertiary/aromatic N) is 2. The Labute approximate surface area is 119 Å². The molecule has 3 N–H and O–H groups in total. The zero-order valence-electron chi connectivity index (χ0n) is 11.8. The molecule has 5 heteroatoms. The molecule has 0 radical (unpaired) electrons. The first kappa shape index (κ1) is 14.6. The zero-order valence-corrected chi connectivity index (χ0v) is 11.8. The van der Waals surface area contributed by atoms with Crippen molar-refractivity contribution >= 4 is 11.5 Å². The molecule has 110 valence electrons. The van der Waals surface area contributed by atoms with Crippen LogP contribution in [0.5, 0.6) is 0 Å². The van der Waals surface area contributed by atoms with Crippen molar-refractivity contribution in [3.63, 3.8) is 0 Å². The van der Waals surface area contributed by atoms with Crippen LogP contribution in [0.3, 0.4) is 0 Å². The van der Waals surface area contributed by atoms with Gasteiger partial charge in [-0.2, -0.15) is 0 Å². The van der Waals surface area contributed by atoms with Crippen LogP contribution in [-0.2, 0) is 0 Å². The fraction of sp³-hybridized carbons (Fsp3) is 0.533. The van der Waals surface area contributed by atoms with E-state index >= 15 is 0 Å². The van der Waals surface area contributed by atoms with Gasteiger partial charge in [-0.05, 0) is 37.8 Å². The maximum atomic E-state index is 14.1. The largest absolute Gasteiger partial charge is 0.409 e. The highest BCUT2D eigenvalue weighted by molar-refractivity contribution is 6.02. The van der Waals surface area contributed by atoms with Crippen LogP contribution in [0.2, 0.25) is 0 Å². The fourth-order valence-electron chi connectivity index (χ4n) is 3.01. The van der Waals surface area contributed by atoms with E-state index in [1.165, 1.54) is 12.5 Å². The molecule has 0 spiro atoms. The number of anilines is 1. The first-order valence-corrected chi connectivity index (χ1v) is 7.22. The summed E-state index contributed by atoms with van der Waals surface area (Å²) in [5.41, 5.74) is 6.60. The third-order valence-corrected chi connectivity index (χ3v) is 3.91. The van der Waals surface area contributed by atoms with Crippen LogP contribution in [0.1, 0.15) is 44.6 Å². The van der Waals surface area contributed by atoms with Crippen molar-refractivity contribution in [1.82, 2.24) is 0 Å². The van der Waals surface area contributed by atoms with Gasteiger partial charge in [0.1, 0.15) is 5.82 Å². The van der Waals surface area contributed by atoms with E-state index in [0.717, 1.165) is 37.9 Å². The molecule has 1 heterocycles. The molecule has 2 rings (SSSR count). The summed E-state index contributed by atoms with van der Waals surface area (Å²) in [7, 11) is 0. The lowest BCUT2D eigenvalue weighted by Gasteiger charge is -2.38. The molecule has 1 aliphatic heterocycles. The number of nitrogens with two attached hydrogens (primary N) is 1. The summed E-state index contributed by atoms with van der Waals surface area (Å²) in [5, 5.41) is 11.9. The predicted octanol–water partition coefficient (Wildman–Crippen LogP) is 3.08. The van der Waals surface area contributed by atoms with E-state index in [4.69, 9.17) is 10.9 Å². The minimum absolute atomic E-state index is 0.168. The van der Waals surface area contributed by atoms with Gasteiger partial charge >= 0.3 is 0 Å². The van der Waals surface area contributed by atoms with Gasteiger partial charge in [-0.1, -0.05) is 24.6 Å². The number of hydrogen-bond donors (Lipinski definition) is 2. The summed E-state index contributed by atoms with van der Waals surface area (Å²) in [4.78, 5) is 2.21. The minimum atomic E-state index is -0.446. The maximum Gasteiger partial charge on any atom is 0.175 e. The van der Waals surface area contributed by atoms with Crippen molar-refractivity contribution in [1.29, 1.82) is 0 Å². The monoisotopic (exact) mass is 279 g/mol. The smallest absolute Gasteiger partial charge is 0.175 e. The van der Waals surface area contributed by atoms with E-state index in [2.05, 4.69) is 17.0 Å². The highest BCUT2D eigenvalue weighted by Crippen LogP contribution is 2.31. The Morgan fingerprint density at radius 1 is 1.50 bits per heavy atom. The van der Waals surface area contributed by atoms with Crippen LogP contribution < -0.4 is 10.6 Å². The molecule has 0 saturated carbocycles. The average Bonchev–Trinajstić information content (AvgIpc) is 2.47. The maximum absolute atomic E-state index is 14.1.